The fourth-order valence-corrected chi connectivity index (χ4v) is 3.95. The molecule has 0 heterocycles. The molecule has 0 aromatic heterocycles. The summed E-state index contributed by atoms with van der Waals surface area (Å²) < 4.78 is 25.8. The molecule has 1 N–H and O–H groups in total. The van der Waals surface area contributed by atoms with Crippen molar-refractivity contribution in [2.24, 2.45) is 0 Å². The summed E-state index contributed by atoms with van der Waals surface area (Å²) >= 11 is 0. The van der Waals surface area contributed by atoms with E-state index in [9.17, 15) is 13.2 Å². The summed E-state index contributed by atoms with van der Waals surface area (Å²) in [4.78, 5) is 12.4. The third-order valence-corrected chi connectivity index (χ3v) is 5.49. The third-order valence-electron chi connectivity index (χ3n) is 4.31. The molecule has 0 aliphatic heterocycles. The molecule has 0 unspecified atom stereocenters. The summed E-state index contributed by atoms with van der Waals surface area (Å²) in [6, 6.07) is 11.4. The van der Waals surface area contributed by atoms with E-state index >= 15 is 0 Å². The maximum Gasteiger partial charge on any atom is 0.232 e. The van der Waals surface area contributed by atoms with E-state index < -0.39 is 10.0 Å². The number of anilines is 2. The number of nitrogens with zero attached hydrogens (tertiary/aromatic N) is 1. The van der Waals surface area contributed by atoms with Crippen LogP contribution < -0.4 is 9.62 Å². The van der Waals surface area contributed by atoms with Crippen molar-refractivity contribution in [3.63, 3.8) is 0 Å². The molecule has 2 aromatic rings. The van der Waals surface area contributed by atoms with E-state index in [2.05, 4.69) is 5.32 Å². The average molecular weight is 375 g/mol. The number of hydrogen-bond donors (Lipinski definition) is 1. The zero-order valence-corrected chi connectivity index (χ0v) is 16.8. The first-order valence-electron chi connectivity index (χ1n) is 8.50. The van der Waals surface area contributed by atoms with Gasteiger partial charge in [-0.25, -0.2) is 8.42 Å². The third kappa shape index (κ3) is 4.85. The fraction of sp³-hybridized carbons (Fsp3) is 0.350. The van der Waals surface area contributed by atoms with Crippen LogP contribution in [0.4, 0.5) is 11.4 Å². The van der Waals surface area contributed by atoms with Crippen LogP contribution in [0.3, 0.4) is 0 Å². The van der Waals surface area contributed by atoms with Gasteiger partial charge in [0.05, 0.1) is 11.9 Å². The topological polar surface area (TPSA) is 66.5 Å². The molecule has 0 bridgehead atoms. The van der Waals surface area contributed by atoms with E-state index in [1.807, 2.05) is 58.0 Å². The Bertz CT molecular complexity index is 900. The molecule has 2 aromatic carbocycles. The molecule has 0 saturated carbocycles. The van der Waals surface area contributed by atoms with Crippen LogP contribution in [-0.2, 0) is 14.8 Å². The van der Waals surface area contributed by atoms with E-state index in [0.29, 0.717) is 5.69 Å². The van der Waals surface area contributed by atoms with Gasteiger partial charge in [0.1, 0.15) is 0 Å². The summed E-state index contributed by atoms with van der Waals surface area (Å²) in [5.41, 5.74) is 5.28. The highest BCUT2D eigenvalue weighted by atomic mass is 32.2. The normalized spacial score (nSPS) is 11.3. The van der Waals surface area contributed by atoms with Gasteiger partial charge in [0, 0.05) is 18.7 Å². The largest absolute Gasteiger partial charge is 0.326 e. The predicted octanol–water partition coefficient (Wildman–Crippen LogP) is 3.72. The number of carbonyl (C=O) groups excluding carboxylic acids is 1. The molecule has 6 heteroatoms. The van der Waals surface area contributed by atoms with Gasteiger partial charge in [-0.15, -0.1) is 0 Å². The van der Waals surface area contributed by atoms with E-state index in [1.165, 1.54) is 4.31 Å². The minimum Gasteiger partial charge on any atom is -0.326 e. The quantitative estimate of drug-likeness (QED) is 0.838. The Morgan fingerprint density at radius 1 is 1.00 bits per heavy atom. The first-order chi connectivity index (χ1) is 12.1. The molecule has 26 heavy (non-hydrogen) atoms. The smallest absolute Gasteiger partial charge is 0.232 e. The lowest BCUT2D eigenvalue weighted by Crippen LogP contribution is -2.33. The van der Waals surface area contributed by atoms with Crippen LogP contribution in [0.5, 0.6) is 0 Å². The highest BCUT2D eigenvalue weighted by Gasteiger charge is 2.20. The fourth-order valence-electron chi connectivity index (χ4n) is 2.97. The van der Waals surface area contributed by atoms with Crippen LogP contribution in [0.15, 0.2) is 36.4 Å². The Labute approximate surface area is 156 Å². The second-order valence-electron chi connectivity index (χ2n) is 6.69. The van der Waals surface area contributed by atoms with Crippen LogP contribution in [0.25, 0.3) is 0 Å². The summed E-state index contributed by atoms with van der Waals surface area (Å²) in [6.07, 6.45) is 1.24. The molecule has 0 atom stereocenters. The van der Waals surface area contributed by atoms with Gasteiger partial charge < -0.3 is 5.32 Å². The minimum atomic E-state index is -3.48. The van der Waals surface area contributed by atoms with Crippen molar-refractivity contribution in [1.29, 1.82) is 0 Å². The van der Waals surface area contributed by atoms with Crippen molar-refractivity contribution < 1.29 is 13.2 Å². The van der Waals surface area contributed by atoms with Gasteiger partial charge in [0.2, 0.25) is 15.9 Å². The van der Waals surface area contributed by atoms with Gasteiger partial charge in [0.15, 0.2) is 0 Å². The van der Waals surface area contributed by atoms with Crippen molar-refractivity contribution in [3.05, 3.63) is 58.7 Å². The van der Waals surface area contributed by atoms with Crippen LogP contribution in [0.2, 0.25) is 0 Å². The van der Waals surface area contributed by atoms with E-state index in [-0.39, 0.29) is 18.9 Å². The Morgan fingerprint density at radius 2 is 1.62 bits per heavy atom. The summed E-state index contributed by atoms with van der Waals surface area (Å²) in [6.45, 7) is 7.79. The Balaban J connectivity index is 2.16. The molecular formula is C20H26N2O3S. The van der Waals surface area contributed by atoms with Crippen LogP contribution >= 0.6 is 0 Å². The van der Waals surface area contributed by atoms with Gasteiger partial charge in [-0.1, -0.05) is 35.9 Å². The molecule has 5 nitrogen and oxygen atoms in total. The molecule has 2 rings (SSSR count). The van der Waals surface area contributed by atoms with E-state index in [1.54, 1.807) is 6.07 Å². The number of aryl methyl sites for hydroxylation is 4. The summed E-state index contributed by atoms with van der Waals surface area (Å²) in [5.74, 6) is -0.208. The Kier molecular flexibility index (Phi) is 6.08. The van der Waals surface area contributed by atoms with Gasteiger partial charge >= 0.3 is 0 Å². The molecule has 0 fully saturated rings. The summed E-state index contributed by atoms with van der Waals surface area (Å²) in [5, 5.41) is 2.90. The molecular weight excluding hydrogens is 348 g/mol. The lowest BCUT2D eigenvalue weighted by atomic mass is 10.1. The molecule has 0 aliphatic rings. The van der Waals surface area contributed by atoms with Crippen molar-refractivity contribution in [3.8, 4) is 0 Å². The maximum atomic E-state index is 12.4. The number of hydrogen-bond acceptors (Lipinski definition) is 3. The minimum absolute atomic E-state index is 0.0775. The number of rotatable bonds is 6. The highest BCUT2D eigenvalue weighted by molar-refractivity contribution is 7.92. The van der Waals surface area contributed by atoms with Crippen LogP contribution in [0, 0.1) is 27.7 Å². The van der Waals surface area contributed by atoms with Crippen molar-refractivity contribution in [1.82, 2.24) is 0 Å². The lowest BCUT2D eigenvalue weighted by Gasteiger charge is -2.24. The van der Waals surface area contributed by atoms with Crippen LogP contribution in [-0.4, -0.2) is 27.1 Å². The van der Waals surface area contributed by atoms with Crippen LogP contribution in [0.1, 0.15) is 28.7 Å². The van der Waals surface area contributed by atoms with E-state index in [0.717, 1.165) is 34.2 Å². The molecule has 0 spiro atoms. The van der Waals surface area contributed by atoms with Gasteiger partial charge in [0.25, 0.3) is 0 Å². The molecule has 1 amide bonds. The van der Waals surface area contributed by atoms with Crippen molar-refractivity contribution in [2.75, 3.05) is 22.4 Å². The van der Waals surface area contributed by atoms with Gasteiger partial charge in [-0.05, 0) is 50.5 Å². The summed E-state index contributed by atoms with van der Waals surface area (Å²) in [7, 11) is -3.48. The van der Waals surface area contributed by atoms with Gasteiger partial charge in [-0.2, -0.15) is 0 Å². The zero-order chi connectivity index (χ0) is 19.5. The highest BCUT2D eigenvalue weighted by Crippen LogP contribution is 2.24. The molecule has 0 radical (unpaired) electrons. The second kappa shape index (κ2) is 7.91. The number of carbonyl (C=O) groups is 1. The lowest BCUT2D eigenvalue weighted by molar-refractivity contribution is -0.116. The number of amides is 1. The standard InChI is InChI=1S/C20H26N2O3S/c1-14-9-10-18(17(4)13-14)22(26(5,24)25)12-11-19(23)21-20-15(2)7-6-8-16(20)3/h6-10,13H,11-12H2,1-5H3,(H,21,23). The average Bonchev–Trinajstić information content (AvgIpc) is 2.52. The second-order valence-corrected chi connectivity index (χ2v) is 8.60. The number of para-hydroxylation sites is 1. The first-order valence-corrected chi connectivity index (χ1v) is 10.4. The first kappa shape index (κ1) is 20.0. The van der Waals surface area contributed by atoms with E-state index in [4.69, 9.17) is 0 Å². The van der Waals surface area contributed by atoms with Gasteiger partial charge in [-0.3, -0.25) is 9.10 Å². The number of sulfonamides is 1. The molecule has 0 aliphatic carbocycles. The zero-order valence-electron chi connectivity index (χ0n) is 16.0. The van der Waals surface area contributed by atoms with Crippen molar-refractivity contribution in [2.45, 2.75) is 34.1 Å². The number of nitrogens with one attached hydrogen (secondary N) is 1. The number of benzene rings is 2. The predicted molar refractivity (Wildman–Crippen MR) is 107 cm³/mol. The molecule has 0 saturated heterocycles. The Hall–Kier alpha value is -2.34. The Morgan fingerprint density at radius 3 is 2.15 bits per heavy atom. The van der Waals surface area contributed by atoms with Crippen molar-refractivity contribution >= 4 is 27.3 Å². The molecule has 140 valence electrons. The monoisotopic (exact) mass is 374 g/mol. The maximum absolute atomic E-state index is 12.4. The SMILES string of the molecule is Cc1ccc(N(CCC(=O)Nc2c(C)cccc2C)S(C)(=O)=O)c(C)c1.